The van der Waals surface area contributed by atoms with E-state index in [0.717, 1.165) is 31.6 Å². The van der Waals surface area contributed by atoms with Gasteiger partial charge in [-0.15, -0.1) is 0 Å². The zero-order valence-electron chi connectivity index (χ0n) is 19.7. The van der Waals surface area contributed by atoms with Crippen LogP contribution in [0.5, 0.6) is 0 Å². The monoisotopic (exact) mass is 418 g/mol. The van der Waals surface area contributed by atoms with E-state index in [2.05, 4.69) is 27.7 Å². The van der Waals surface area contributed by atoms with Crippen LogP contribution in [0.4, 0.5) is 0 Å². The molecule has 7 unspecified atom stereocenters. The summed E-state index contributed by atoms with van der Waals surface area (Å²) in [5.41, 5.74) is -0.524. The maximum atomic E-state index is 13.8. The van der Waals surface area contributed by atoms with Crippen LogP contribution in [0.3, 0.4) is 0 Å². The summed E-state index contributed by atoms with van der Waals surface area (Å²) in [6.45, 7) is 11.3. The first-order chi connectivity index (χ1) is 14.0. The third-order valence-electron chi connectivity index (χ3n) is 9.46. The molecule has 4 nitrogen and oxygen atoms in total. The van der Waals surface area contributed by atoms with Crippen LogP contribution in [0.15, 0.2) is 0 Å². The van der Waals surface area contributed by atoms with Crippen LogP contribution < -0.4 is 0 Å². The summed E-state index contributed by atoms with van der Waals surface area (Å²) >= 11 is 0. The summed E-state index contributed by atoms with van der Waals surface area (Å²) in [4.78, 5) is 37.7. The molecule has 3 aliphatic rings. The quantitative estimate of drug-likeness (QED) is 0.557. The molecule has 3 rings (SSSR count). The van der Waals surface area contributed by atoms with Gasteiger partial charge in [0.1, 0.15) is 11.6 Å². The first kappa shape index (κ1) is 23.5. The molecule has 0 aromatic rings. The summed E-state index contributed by atoms with van der Waals surface area (Å²) in [5.74, 6) is 0.545. The van der Waals surface area contributed by atoms with Crippen molar-refractivity contribution in [2.24, 2.45) is 46.3 Å². The van der Waals surface area contributed by atoms with Gasteiger partial charge in [0, 0.05) is 24.7 Å². The second kappa shape index (κ2) is 8.74. The maximum Gasteiger partial charge on any atom is 0.307 e. The van der Waals surface area contributed by atoms with Gasteiger partial charge < -0.3 is 5.11 Å². The molecular weight excluding hydrogens is 376 g/mol. The van der Waals surface area contributed by atoms with Gasteiger partial charge in [-0.05, 0) is 60.7 Å². The average molecular weight is 419 g/mol. The largest absolute Gasteiger partial charge is 0.481 e. The van der Waals surface area contributed by atoms with Gasteiger partial charge in [-0.3, -0.25) is 14.4 Å². The molecule has 0 aromatic carbocycles. The van der Waals surface area contributed by atoms with E-state index in [1.807, 2.05) is 6.92 Å². The molecule has 30 heavy (non-hydrogen) atoms. The standard InChI is InChI=1S/C26H42O4/c1-16(2)7-6-8-17(3)19-9-10-20-23(28)21(12-14-25(19,20)4)26(5)13-11-18(27)15-22(26)24(29)30/h16-17,19-22H,6-15H2,1-5H3,(H,29,30). The Morgan fingerprint density at radius 1 is 1.00 bits per heavy atom. The Kier molecular flexibility index (Phi) is 6.84. The second-order valence-electron chi connectivity index (χ2n) is 11.7. The lowest BCUT2D eigenvalue weighted by Crippen LogP contribution is -2.52. The number of ketones is 2. The van der Waals surface area contributed by atoms with E-state index in [1.54, 1.807) is 0 Å². The van der Waals surface area contributed by atoms with Gasteiger partial charge >= 0.3 is 5.97 Å². The predicted molar refractivity (Wildman–Crippen MR) is 118 cm³/mol. The Morgan fingerprint density at radius 3 is 2.30 bits per heavy atom. The van der Waals surface area contributed by atoms with Gasteiger partial charge in [-0.2, -0.15) is 0 Å². The third-order valence-corrected chi connectivity index (χ3v) is 9.46. The fourth-order valence-electron chi connectivity index (χ4n) is 7.50. The number of carbonyl (C=O) groups excluding carboxylic acids is 2. The van der Waals surface area contributed by atoms with Gasteiger partial charge in [0.05, 0.1) is 5.92 Å². The van der Waals surface area contributed by atoms with E-state index in [1.165, 1.54) is 19.3 Å². The Morgan fingerprint density at radius 2 is 1.67 bits per heavy atom. The third kappa shape index (κ3) is 4.12. The lowest BCUT2D eigenvalue weighted by Gasteiger charge is -2.51. The molecule has 0 radical (unpaired) electrons. The maximum absolute atomic E-state index is 13.8. The van der Waals surface area contributed by atoms with E-state index < -0.39 is 17.3 Å². The first-order valence-corrected chi connectivity index (χ1v) is 12.3. The van der Waals surface area contributed by atoms with E-state index in [9.17, 15) is 19.5 Å². The Labute approximate surface area is 182 Å². The van der Waals surface area contributed by atoms with Crippen LogP contribution in [0.25, 0.3) is 0 Å². The highest BCUT2D eigenvalue weighted by Gasteiger charge is 2.60. The lowest BCUT2D eigenvalue weighted by atomic mass is 9.51. The fraction of sp³-hybridized carbons (Fsp3) is 0.885. The molecule has 170 valence electrons. The van der Waals surface area contributed by atoms with Crippen molar-refractivity contribution in [1.82, 2.24) is 0 Å². The minimum Gasteiger partial charge on any atom is -0.481 e. The Balaban J connectivity index is 1.75. The van der Waals surface area contributed by atoms with Gasteiger partial charge in [-0.25, -0.2) is 0 Å². The number of carboxylic acids is 1. The number of hydrogen-bond acceptors (Lipinski definition) is 3. The topological polar surface area (TPSA) is 71.4 Å². The number of carbonyl (C=O) groups is 3. The molecule has 0 aromatic heterocycles. The van der Waals surface area contributed by atoms with Crippen molar-refractivity contribution in [3.8, 4) is 0 Å². The number of aliphatic carboxylic acids is 1. The summed E-state index contributed by atoms with van der Waals surface area (Å²) in [6.07, 6.45) is 8.71. The van der Waals surface area contributed by atoms with Crippen LogP contribution >= 0.6 is 0 Å². The Bertz CT molecular complexity index is 683. The SMILES string of the molecule is CC(C)CCCC(C)C1CCC2C(=O)C(C3(C)CCC(=O)CC3C(=O)O)CCC21C. The summed E-state index contributed by atoms with van der Waals surface area (Å²) in [6, 6.07) is 0. The highest BCUT2D eigenvalue weighted by Crippen LogP contribution is 2.61. The molecule has 3 aliphatic carbocycles. The van der Waals surface area contributed by atoms with Gasteiger partial charge in [0.15, 0.2) is 0 Å². The van der Waals surface area contributed by atoms with Crippen LogP contribution in [0.2, 0.25) is 0 Å². The average Bonchev–Trinajstić information content (AvgIpc) is 3.01. The zero-order chi connectivity index (χ0) is 22.3. The van der Waals surface area contributed by atoms with E-state index >= 15 is 0 Å². The number of hydrogen-bond donors (Lipinski definition) is 1. The first-order valence-electron chi connectivity index (χ1n) is 12.3. The number of rotatable bonds is 7. The van der Waals surface area contributed by atoms with Crippen LogP contribution in [-0.2, 0) is 14.4 Å². The highest BCUT2D eigenvalue weighted by molar-refractivity contribution is 5.90. The van der Waals surface area contributed by atoms with Crippen molar-refractivity contribution in [2.75, 3.05) is 0 Å². The molecule has 7 atom stereocenters. The lowest BCUT2D eigenvalue weighted by molar-refractivity contribution is -0.160. The minimum absolute atomic E-state index is 0.0316. The van der Waals surface area contributed by atoms with Gasteiger partial charge in [0.25, 0.3) is 0 Å². The smallest absolute Gasteiger partial charge is 0.307 e. The second-order valence-corrected chi connectivity index (χ2v) is 11.7. The van der Waals surface area contributed by atoms with Crippen molar-refractivity contribution in [1.29, 1.82) is 0 Å². The molecule has 0 saturated heterocycles. The molecule has 0 spiro atoms. The van der Waals surface area contributed by atoms with Crippen LogP contribution in [0.1, 0.15) is 98.8 Å². The molecule has 4 heteroatoms. The van der Waals surface area contributed by atoms with Gasteiger partial charge in [0.2, 0.25) is 0 Å². The van der Waals surface area contributed by atoms with Crippen molar-refractivity contribution >= 4 is 17.5 Å². The molecule has 0 heterocycles. The van der Waals surface area contributed by atoms with Crippen molar-refractivity contribution in [3.63, 3.8) is 0 Å². The normalized spacial score (nSPS) is 40.5. The molecular formula is C26H42O4. The van der Waals surface area contributed by atoms with Crippen molar-refractivity contribution in [3.05, 3.63) is 0 Å². The minimum atomic E-state index is -0.908. The van der Waals surface area contributed by atoms with Crippen LogP contribution in [0, 0.1) is 46.3 Å². The number of carboxylic acid groups (broad SMARTS) is 1. The predicted octanol–water partition coefficient (Wildman–Crippen LogP) is 5.92. The fourth-order valence-corrected chi connectivity index (χ4v) is 7.50. The summed E-state index contributed by atoms with van der Waals surface area (Å²) in [5, 5.41) is 9.82. The molecule has 3 saturated carbocycles. The highest BCUT2D eigenvalue weighted by atomic mass is 16.4. The van der Waals surface area contributed by atoms with Crippen LogP contribution in [-0.4, -0.2) is 22.6 Å². The van der Waals surface area contributed by atoms with Gasteiger partial charge in [-0.1, -0.05) is 53.9 Å². The summed E-state index contributed by atoms with van der Waals surface area (Å²) < 4.78 is 0. The van der Waals surface area contributed by atoms with E-state index in [4.69, 9.17) is 0 Å². The molecule has 1 N–H and O–H groups in total. The van der Waals surface area contributed by atoms with E-state index in [-0.39, 0.29) is 29.5 Å². The van der Waals surface area contributed by atoms with Crippen molar-refractivity contribution in [2.45, 2.75) is 98.8 Å². The molecule has 0 bridgehead atoms. The summed E-state index contributed by atoms with van der Waals surface area (Å²) in [7, 11) is 0. The van der Waals surface area contributed by atoms with Crippen molar-refractivity contribution < 1.29 is 19.5 Å². The molecule has 0 amide bonds. The van der Waals surface area contributed by atoms with E-state index in [0.29, 0.717) is 30.5 Å². The molecule has 0 aliphatic heterocycles. The Hall–Kier alpha value is -1.19. The number of Topliss-reactive ketones (excluding diaryl/α,β-unsaturated/α-hetero) is 2. The zero-order valence-corrected chi connectivity index (χ0v) is 19.7. The molecule has 3 fully saturated rings. The number of fused-ring (bicyclic) bond motifs is 1.